The van der Waals surface area contributed by atoms with Crippen molar-refractivity contribution < 1.29 is 36.9 Å². The molecule has 5 rings (SSSR count). The molecule has 0 unspecified atom stereocenters. The highest BCUT2D eigenvalue weighted by Gasteiger charge is 2.40. The maximum atomic E-state index is 13.9. The molecule has 2 fully saturated rings. The SMILES string of the molecule is C[C@H](C(=O)O)[C@@H](c1ccc2c(c1)O[C@@H](C1CCN([C@@H](C)c3cc(F)ccc3OC(F)(F)F)CC1)CC2)C1CC1. The number of rotatable bonds is 8. The monoisotopic (exact) mass is 549 g/mol. The van der Waals surface area contributed by atoms with Crippen molar-refractivity contribution in [3.63, 3.8) is 0 Å². The summed E-state index contributed by atoms with van der Waals surface area (Å²) in [6, 6.07) is 8.88. The van der Waals surface area contributed by atoms with Crippen LogP contribution in [-0.2, 0) is 11.2 Å². The van der Waals surface area contributed by atoms with Gasteiger partial charge in [-0.3, -0.25) is 9.69 Å². The average molecular weight is 550 g/mol. The average Bonchev–Trinajstić information content (AvgIpc) is 3.73. The fourth-order valence-corrected chi connectivity index (χ4v) is 6.46. The molecule has 1 saturated heterocycles. The largest absolute Gasteiger partial charge is 0.573 e. The van der Waals surface area contributed by atoms with Crippen LogP contribution >= 0.6 is 0 Å². The quantitative estimate of drug-likeness (QED) is 0.356. The minimum absolute atomic E-state index is 0.0180. The number of halogens is 4. The Labute approximate surface area is 226 Å². The highest BCUT2D eigenvalue weighted by Crippen LogP contribution is 2.48. The third-order valence-corrected chi connectivity index (χ3v) is 8.81. The second-order valence-corrected chi connectivity index (χ2v) is 11.3. The van der Waals surface area contributed by atoms with Crippen molar-refractivity contribution in [1.29, 1.82) is 0 Å². The lowest BCUT2D eigenvalue weighted by Gasteiger charge is -2.40. The Morgan fingerprint density at radius 2 is 1.77 bits per heavy atom. The molecule has 1 N–H and O–H groups in total. The number of benzene rings is 2. The Morgan fingerprint density at radius 3 is 2.41 bits per heavy atom. The summed E-state index contributed by atoms with van der Waals surface area (Å²) >= 11 is 0. The van der Waals surface area contributed by atoms with Crippen molar-refractivity contribution in [2.75, 3.05) is 13.1 Å². The lowest BCUT2D eigenvalue weighted by atomic mass is 9.81. The minimum atomic E-state index is -4.85. The van der Waals surface area contributed by atoms with Gasteiger partial charge in [-0.25, -0.2) is 4.39 Å². The van der Waals surface area contributed by atoms with Gasteiger partial charge in [-0.15, -0.1) is 13.2 Å². The number of carbonyl (C=O) groups is 1. The molecular weight excluding hydrogens is 514 g/mol. The van der Waals surface area contributed by atoms with E-state index in [9.17, 15) is 27.5 Å². The van der Waals surface area contributed by atoms with E-state index in [0.29, 0.717) is 24.9 Å². The molecule has 2 aliphatic heterocycles. The van der Waals surface area contributed by atoms with Crippen molar-refractivity contribution in [3.05, 3.63) is 58.9 Å². The molecule has 0 radical (unpaired) electrons. The summed E-state index contributed by atoms with van der Waals surface area (Å²) < 4.78 is 63.4. The van der Waals surface area contributed by atoms with Gasteiger partial charge >= 0.3 is 12.3 Å². The molecule has 0 spiro atoms. The van der Waals surface area contributed by atoms with Crippen molar-refractivity contribution in [2.45, 2.75) is 76.8 Å². The Balaban J connectivity index is 1.24. The Hall–Kier alpha value is -2.81. The summed E-state index contributed by atoms with van der Waals surface area (Å²) in [5, 5.41) is 9.64. The molecule has 212 valence electrons. The molecule has 0 amide bonds. The predicted octanol–water partition coefficient (Wildman–Crippen LogP) is 7.11. The summed E-state index contributed by atoms with van der Waals surface area (Å²) in [5.41, 5.74) is 2.35. The molecule has 4 atom stereocenters. The first kappa shape index (κ1) is 27.7. The minimum Gasteiger partial charge on any atom is -0.490 e. The van der Waals surface area contributed by atoms with Crippen LogP contribution < -0.4 is 9.47 Å². The number of aliphatic carboxylic acids is 1. The lowest BCUT2D eigenvalue weighted by Crippen LogP contribution is -2.42. The summed E-state index contributed by atoms with van der Waals surface area (Å²) in [5.74, 6) is -0.686. The van der Waals surface area contributed by atoms with E-state index in [1.165, 1.54) is 0 Å². The van der Waals surface area contributed by atoms with Crippen LogP contribution in [-0.4, -0.2) is 41.5 Å². The smallest absolute Gasteiger partial charge is 0.490 e. The van der Waals surface area contributed by atoms with Crippen LogP contribution in [0.25, 0.3) is 0 Å². The second kappa shape index (κ2) is 11.0. The van der Waals surface area contributed by atoms with E-state index in [1.807, 2.05) is 6.07 Å². The molecule has 3 aliphatic rings. The third-order valence-electron chi connectivity index (χ3n) is 8.81. The van der Waals surface area contributed by atoms with E-state index in [0.717, 1.165) is 73.6 Å². The number of nitrogens with zero attached hydrogens (tertiary/aromatic N) is 1. The van der Waals surface area contributed by atoms with Crippen LogP contribution in [0.4, 0.5) is 17.6 Å². The van der Waals surface area contributed by atoms with Gasteiger partial charge in [-0.2, -0.15) is 0 Å². The third kappa shape index (κ3) is 6.34. The zero-order valence-corrected chi connectivity index (χ0v) is 22.2. The van der Waals surface area contributed by atoms with Crippen molar-refractivity contribution in [3.8, 4) is 11.5 Å². The van der Waals surface area contributed by atoms with Crippen molar-refractivity contribution in [2.24, 2.45) is 17.8 Å². The van der Waals surface area contributed by atoms with Crippen LogP contribution in [0.15, 0.2) is 36.4 Å². The molecule has 5 nitrogen and oxygen atoms in total. The Bertz CT molecular complexity index is 1190. The number of alkyl halides is 3. The van der Waals surface area contributed by atoms with E-state index in [1.54, 1.807) is 13.8 Å². The summed E-state index contributed by atoms with van der Waals surface area (Å²) in [7, 11) is 0. The van der Waals surface area contributed by atoms with Crippen LogP contribution in [0.3, 0.4) is 0 Å². The van der Waals surface area contributed by atoms with E-state index in [-0.39, 0.29) is 23.3 Å². The Kier molecular flexibility index (Phi) is 7.82. The van der Waals surface area contributed by atoms with Crippen LogP contribution in [0.2, 0.25) is 0 Å². The molecule has 2 aromatic carbocycles. The highest BCUT2D eigenvalue weighted by atomic mass is 19.4. The Morgan fingerprint density at radius 1 is 1.05 bits per heavy atom. The summed E-state index contributed by atoms with van der Waals surface area (Å²) in [4.78, 5) is 13.8. The fraction of sp³-hybridized carbons (Fsp3) is 0.567. The molecule has 1 saturated carbocycles. The number of piperidine rings is 1. The van der Waals surface area contributed by atoms with Gasteiger partial charge < -0.3 is 14.6 Å². The van der Waals surface area contributed by atoms with Crippen LogP contribution in [0, 0.1) is 23.6 Å². The molecular formula is C30H35F4NO4. The predicted molar refractivity (Wildman–Crippen MR) is 137 cm³/mol. The molecule has 39 heavy (non-hydrogen) atoms. The maximum absolute atomic E-state index is 13.9. The first-order chi connectivity index (χ1) is 18.5. The van der Waals surface area contributed by atoms with Gasteiger partial charge in [0.1, 0.15) is 23.4 Å². The van der Waals surface area contributed by atoms with Gasteiger partial charge in [-0.05, 0) is 112 Å². The van der Waals surface area contributed by atoms with Gasteiger partial charge in [-0.1, -0.05) is 19.1 Å². The van der Waals surface area contributed by atoms with Crippen LogP contribution in [0.5, 0.6) is 11.5 Å². The standard InChI is InChI=1S/C30H35F4NO4/c1-17(29(36)37)28(21-4-5-21)22-6-3-19-7-9-25(38-27(19)15-22)20-11-13-35(14-12-20)18(2)24-16-23(31)8-10-26(24)39-30(32,33)34/h3,6,8,10,15-18,20-21,25,28H,4-5,7,9,11-14H2,1-2H3,(H,36,37)/t17-,18-,25+,28+/m0/s1. The van der Waals surface area contributed by atoms with Gasteiger partial charge in [0.05, 0.1) is 5.92 Å². The van der Waals surface area contributed by atoms with E-state index < -0.39 is 30.1 Å². The van der Waals surface area contributed by atoms with Gasteiger partial charge in [0.15, 0.2) is 0 Å². The van der Waals surface area contributed by atoms with Gasteiger partial charge in [0, 0.05) is 11.6 Å². The number of carboxylic acid groups (broad SMARTS) is 1. The highest BCUT2D eigenvalue weighted by molar-refractivity contribution is 5.71. The second-order valence-electron chi connectivity index (χ2n) is 11.3. The van der Waals surface area contributed by atoms with E-state index in [4.69, 9.17) is 4.74 Å². The van der Waals surface area contributed by atoms with Crippen LogP contribution in [0.1, 0.15) is 74.6 Å². The zero-order valence-electron chi connectivity index (χ0n) is 22.2. The molecule has 1 aliphatic carbocycles. The maximum Gasteiger partial charge on any atom is 0.573 e. The van der Waals surface area contributed by atoms with Crippen molar-refractivity contribution >= 4 is 5.97 Å². The first-order valence-electron chi connectivity index (χ1n) is 13.8. The van der Waals surface area contributed by atoms with Gasteiger partial charge in [0.2, 0.25) is 0 Å². The van der Waals surface area contributed by atoms with E-state index in [2.05, 4.69) is 21.8 Å². The molecule has 0 bridgehead atoms. The van der Waals surface area contributed by atoms with Crippen molar-refractivity contribution in [1.82, 2.24) is 4.90 Å². The number of ether oxygens (including phenoxy) is 2. The number of hydrogen-bond acceptors (Lipinski definition) is 4. The number of aryl methyl sites for hydroxylation is 1. The van der Waals surface area contributed by atoms with Gasteiger partial charge in [0.25, 0.3) is 0 Å². The number of likely N-dealkylation sites (tertiary alicyclic amines) is 1. The number of hydrogen-bond donors (Lipinski definition) is 1. The molecule has 0 aromatic heterocycles. The zero-order chi connectivity index (χ0) is 27.9. The normalized spacial score (nSPS) is 22.9. The first-order valence-corrected chi connectivity index (χ1v) is 13.8. The molecule has 2 aromatic rings. The summed E-state index contributed by atoms with van der Waals surface area (Å²) in [6.45, 7) is 4.87. The summed E-state index contributed by atoms with van der Waals surface area (Å²) in [6.07, 6.45) is 0.695. The van der Waals surface area contributed by atoms with E-state index >= 15 is 0 Å². The molecule has 9 heteroatoms. The topological polar surface area (TPSA) is 59.0 Å². The lowest BCUT2D eigenvalue weighted by molar-refractivity contribution is -0.275. The fourth-order valence-electron chi connectivity index (χ4n) is 6.46. The number of fused-ring (bicyclic) bond motifs is 1. The molecule has 2 heterocycles. The number of carboxylic acids is 1.